The van der Waals surface area contributed by atoms with Crippen LogP contribution < -0.4 is 5.32 Å². The third-order valence-corrected chi connectivity index (χ3v) is 4.98. The summed E-state index contributed by atoms with van der Waals surface area (Å²) in [5, 5.41) is 4.36. The molecule has 1 atom stereocenters. The normalized spacial score (nSPS) is 18.2. The van der Waals surface area contributed by atoms with Crippen LogP contribution in [-0.4, -0.2) is 17.8 Å². The average Bonchev–Trinajstić information content (AvgIpc) is 2.84. The topological polar surface area (TPSA) is 12.0 Å². The molecule has 1 aromatic rings. The Hall–Kier alpha value is -0.470. The molecular formula is C16H25NS. The number of thioether (sulfide) groups is 1. The van der Waals surface area contributed by atoms with E-state index in [1.165, 1.54) is 41.7 Å². The molecule has 1 aliphatic rings. The molecule has 0 aliphatic heterocycles. The Bertz CT molecular complexity index is 383. The standard InChI is InChI=1S/C16H25NS/c1-12-8-9-13(2)16(10-12)18-14(3)11-17-15-6-4-5-7-15/h8-10,14-15,17H,4-7,11H2,1-3H3. The van der Waals surface area contributed by atoms with Gasteiger partial charge in [0.15, 0.2) is 0 Å². The van der Waals surface area contributed by atoms with E-state index in [2.05, 4.69) is 44.3 Å². The van der Waals surface area contributed by atoms with Crippen molar-refractivity contribution in [2.45, 2.75) is 62.6 Å². The largest absolute Gasteiger partial charge is 0.313 e. The molecule has 2 rings (SSSR count). The highest BCUT2D eigenvalue weighted by Crippen LogP contribution is 2.27. The van der Waals surface area contributed by atoms with Crippen LogP contribution in [0.3, 0.4) is 0 Å². The highest BCUT2D eigenvalue weighted by molar-refractivity contribution is 8.00. The molecule has 0 radical (unpaired) electrons. The molecule has 1 unspecified atom stereocenters. The van der Waals surface area contributed by atoms with Gasteiger partial charge in [0.1, 0.15) is 0 Å². The molecule has 1 saturated carbocycles. The summed E-state index contributed by atoms with van der Waals surface area (Å²) in [6.45, 7) is 7.83. The van der Waals surface area contributed by atoms with E-state index >= 15 is 0 Å². The second-order valence-electron chi connectivity index (χ2n) is 5.59. The fourth-order valence-electron chi connectivity index (χ4n) is 2.56. The fraction of sp³-hybridized carbons (Fsp3) is 0.625. The lowest BCUT2D eigenvalue weighted by Gasteiger charge is -2.17. The van der Waals surface area contributed by atoms with Gasteiger partial charge in [0.25, 0.3) is 0 Å². The van der Waals surface area contributed by atoms with E-state index < -0.39 is 0 Å². The Morgan fingerprint density at radius 3 is 2.72 bits per heavy atom. The first-order valence-corrected chi connectivity index (χ1v) is 8.00. The highest BCUT2D eigenvalue weighted by Gasteiger charge is 2.15. The van der Waals surface area contributed by atoms with Crippen molar-refractivity contribution in [1.29, 1.82) is 0 Å². The van der Waals surface area contributed by atoms with Gasteiger partial charge >= 0.3 is 0 Å². The van der Waals surface area contributed by atoms with Crippen molar-refractivity contribution in [2.75, 3.05) is 6.54 Å². The van der Waals surface area contributed by atoms with Gasteiger partial charge < -0.3 is 5.32 Å². The Morgan fingerprint density at radius 1 is 1.28 bits per heavy atom. The first-order valence-electron chi connectivity index (χ1n) is 7.12. The monoisotopic (exact) mass is 263 g/mol. The first kappa shape index (κ1) is 14.0. The number of rotatable bonds is 5. The highest BCUT2D eigenvalue weighted by atomic mass is 32.2. The van der Waals surface area contributed by atoms with Gasteiger partial charge in [-0.15, -0.1) is 11.8 Å². The molecule has 2 heteroatoms. The Balaban J connectivity index is 1.82. The van der Waals surface area contributed by atoms with Gasteiger partial charge in [-0.05, 0) is 38.3 Å². The third-order valence-electron chi connectivity index (χ3n) is 3.72. The lowest BCUT2D eigenvalue weighted by Crippen LogP contribution is -2.31. The maximum absolute atomic E-state index is 3.71. The summed E-state index contributed by atoms with van der Waals surface area (Å²) in [5.74, 6) is 0. The van der Waals surface area contributed by atoms with Crippen LogP contribution in [0.1, 0.15) is 43.7 Å². The van der Waals surface area contributed by atoms with Crippen LogP contribution in [0.25, 0.3) is 0 Å². The third kappa shape index (κ3) is 4.03. The molecule has 0 saturated heterocycles. The Kier molecular flexibility index (Phi) is 5.13. The lowest BCUT2D eigenvalue weighted by molar-refractivity contribution is 0.527. The number of hydrogen-bond acceptors (Lipinski definition) is 2. The molecule has 0 heterocycles. The van der Waals surface area contributed by atoms with Crippen molar-refractivity contribution in [3.63, 3.8) is 0 Å². The summed E-state index contributed by atoms with van der Waals surface area (Å²) in [6, 6.07) is 7.52. The van der Waals surface area contributed by atoms with E-state index in [4.69, 9.17) is 0 Å². The molecule has 1 N–H and O–H groups in total. The van der Waals surface area contributed by atoms with Crippen molar-refractivity contribution in [3.05, 3.63) is 29.3 Å². The second-order valence-corrected chi connectivity index (χ2v) is 7.07. The molecular weight excluding hydrogens is 238 g/mol. The summed E-state index contributed by atoms with van der Waals surface area (Å²) in [7, 11) is 0. The summed E-state index contributed by atoms with van der Waals surface area (Å²) in [5.41, 5.74) is 2.76. The van der Waals surface area contributed by atoms with Gasteiger partial charge in [-0.3, -0.25) is 0 Å². The average molecular weight is 263 g/mol. The van der Waals surface area contributed by atoms with Crippen LogP contribution in [0.15, 0.2) is 23.1 Å². The van der Waals surface area contributed by atoms with Gasteiger partial charge in [-0.1, -0.05) is 37.5 Å². The van der Waals surface area contributed by atoms with Gasteiger partial charge in [-0.25, -0.2) is 0 Å². The van der Waals surface area contributed by atoms with E-state index in [1.807, 2.05) is 11.8 Å². The summed E-state index contributed by atoms with van der Waals surface area (Å²) >= 11 is 2.01. The van der Waals surface area contributed by atoms with Crippen LogP contribution in [0.2, 0.25) is 0 Å². The number of nitrogens with one attached hydrogen (secondary N) is 1. The van der Waals surface area contributed by atoms with E-state index in [0.717, 1.165) is 12.6 Å². The first-order chi connectivity index (χ1) is 8.65. The lowest BCUT2D eigenvalue weighted by atomic mass is 10.2. The predicted octanol–water partition coefficient (Wildman–Crippen LogP) is 4.32. The molecule has 1 fully saturated rings. The Morgan fingerprint density at radius 2 is 2.00 bits per heavy atom. The number of benzene rings is 1. The van der Waals surface area contributed by atoms with Crippen molar-refractivity contribution in [2.24, 2.45) is 0 Å². The smallest absolute Gasteiger partial charge is 0.0191 e. The maximum atomic E-state index is 3.71. The molecule has 100 valence electrons. The maximum Gasteiger partial charge on any atom is 0.0191 e. The SMILES string of the molecule is Cc1ccc(C)c(SC(C)CNC2CCCC2)c1. The van der Waals surface area contributed by atoms with Crippen LogP contribution in [0.5, 0.6) is 0 Å². The minimum absolute atomic E-state index is 0.645. The molecule has 0 spiro atoms. The Labute approximate surface area is 116 Å². The molecule has 1 aliphatic carbocycles. The van der Waals surface area contributed by atoms with Crippen molar-refractivity contribution < 1.29 is 0 Å². The van der Waals surface area contributed by atoms with Crippen LogP contribution in [0.4, 0.5) is 0 Å². The van der Waals surface area contributed by atoms with E-state index in [-0.39, 0.29) is 0 Å². The fourth-order valence-corrected chi connectivity index (χ4v) is 3.68. The van der Waals surface area contributed by atoms with Gasteiger partial charge in [-0.2, -0.15) is 0 Å². The molecule has 1 nitrogen and oxygen atoms in total. The van der Waals surface area contributed by atoms with Crippen LogP contribution >= 0.6 is 11.8 Å². The minimum Gasteiger partial charge on any atom is -0.313 e. The number of hydrogen-bond donors (Lipinski definition) is 1. The predicted molar refractivity (Wildman–Crippen MR) is 81.5 cm³/mol. The van der Waals surface area contributed by atoms with Crippen molar-refractivity contribution >= 4 is 11.8 Å². The summed E-state index contributed by atoms with van der Waals surface area (Å²) in [4.78, 5) is 1.44. The molecule has 18 heavy (non-hydrogen) atoms. The second kappa shape index (κ2) is 6.63. The molecule has 0 bridgehead atoms. The van der Waals surface area contributed by atoms with Gasteiger partial charge in [0.2, 0.25) is 0 Å². The van der Waals surface area contributed by atoms with Crippen LogP contribution in [-0.2, 0) is 0 Å². The molecule has 1 aromatic carbocycles. The quantitative estimate of drug-likeness (QED) is 0.794. The molecule has 0 amide bonds. The van der Waals surface area contributed by atoms with Gasteiger partial charge in [0, 0.05) is 22.7 Å². The van der Waals surface area contributed by atoms with Gasteiger partial charge in [0.05, 0.1) is 0 Å². The van der Waals surface area contributed by atoms with Crippen LogP contribution in [0, 0.1) is 13.8 Å². The van der Waals surface area contributed by atoms with E-state index in [9.17, 15) is 0 Å². The van der Waals surface area contributed by atoms with E-state index in [0.29, 0.717) is 5.25 Å². The number of aryl methyl sites for hydroxylation is 2. The zero-order chi connectivity index (χ0) is 13.0. The summed E-state index contributed by atoms with van der Waals surface area (Å²) in [6.07, 6.45) is 5.58. The zero-order valence-electron chi connectivity index (χ0n) is 11.8. The van der Waals surface area contributed by atoms with Crippen molar-refractivity contribution in [1.82, 2.24) is 5.32 Å². The zero-order valence-corrected chi connectivity index (χ0v) is 12.6. The minimum atomic E-state index is 0.645. The summed E-state index contributed by atoms with van der Waals surface area (Å²) < 4.78 is 0. The molecule has 0 aromatic heterocycles. The van der Waals surface area contributed by atoms with E-state index in [1.54, 1.807) is 0 Å². The van der Waals surface area contributed by atoms with Crippen molar-refractivity contribution in [3.8, 4) is 0 Å².